The Labute approximate surface area is 184 Å². The maximum absolute atomic E-state index is 13.3. The van der Waals surface area contributed by atoms with Crippen molar-refractivity contribution in [1.29, 1.82) is 0 Å². The number of nitrogens with zero attached hydrogens (tertiary/aromatic N) is 2. The van der Waals surface area contributed by atoms with Crippen molar-refractivity contribution in [3.63, 3.8) is 0 Å². The maximum Gasteiger partial charge on any atom is 0.296 e. The second kappa shape index (κ2) is 8.85. The molecule has 1 N–H and O–H groups in total. The molecule has 1 heterocycles. The summed E-state index contributed by atoms with van der Waals surface area (Å²) in [5.41, 5.74) is 3.52. The summed E-state index contributed by atoms with van der Waals surface area (Å²) in [7, 11) is 0. The van der Waals surface area contributed by atoms with Gasteiger partial charge < -0.3 is 10.1 Å². The molecule has 1 aromatic heterocycles. The molecule has 0 fully saturated rings. The number of hydrogen-bond donors (Lipinski definition) is 1. The number of para-hydroxylation sites is 1. The fraction of sp³-hybridized carbons (Fsp3) is 0.120. The first kappa shape index (κ1) is 21.0. The van der Waals surface area contributed by atoms with E-state index in [1.807, 2.05) is 55.5 Å². The summed E-state index contributed by atoms with van der Waals surface area (Å²) >= 11 is 0. The molecule has 0 aliphatic heterocycles. The number of benzene rings is 3. The number of carbonyl (C=O) groups excluding carboxylic acids is 1. The normalized spacial score (nSPS) is 10.7. The van der Waals surface area contributed by atoms with Gasteiger partial charge >= 0.3 is 0 Å². The fourth-order valence-corrected chi connectivity index (χ4v) is 3.58. The van der Waals surface area contributed by atoms with Gasteiger partial charge in [-0.25, -0.2) is 4.98 Å². The van der Waals surface area contributed by atoms with Crippen LogP contribution >= 0.6 is 0 Å². The van der Waals surface area contributed by atoms with Crippen LogP contribution in [-0.4, -0.2) is 22.4 Å². The van der Waals surface area contributed by atoms with Crippen LogP contribution in [0.4, 0.5) is 11.4 Å². The quantitative estimate of drug-likeness (QED) is 0.311. The minimum Gasteiger partial charge on any atom is -0.494 e. The second-order valence-electron chi connectivity index (χ2n) is 7.21. The van der Waals surface area contributed by atoms with Crippen molar-refractivity contribution in [3.8, 4) is 17.0 Å². The molecule has 0 aliphatic carbocycles. The molecule has 0 aliphatic rings. The molecule has 1 amide bonds. The van der Waals surface area contributed by atoms with Crippen LogP contribution in [0, 0.1) is 17.0 Å². The van der Waals surface area contributed by atoms with E-state index in [0.29, 0.717) is 34.5 Å². The predicted molar refractivity (Wildman–Crippen MR) is 124 cm³/mol. The number of nitro groups is 1. The van der Waals surface area contributed by atoms with E-state index in [4.69, 9.17) is 9.72 Å². The number of carbonyl (C=O) groups is 1. The molecular weight excluding hydrogens is 406 g/mol. The van der Waals surface area contributed by atoms with Crippen LogP contribution in [0.2, 0.25) is 0 Å². The van der Waals surface area contributed by atoms with Crippen molar-refractivity contribution in [3.05, 3.63) is 94.0 Å². The summed E-state index contributed by atoms with van der Waals surface area (Å²) in [5.74, 6) is -0.0842. The Kier molecular flexibility index (Phi) is 5.81. The van der Waals surface area contributed by atoms with Crippen LogP contribution in [0.25, 0.3) is 22.2 Å². The first-order valence-corrected chi connectivity index (χ1v) is 10.2. The number of anilines is 1. The van der Waals surface area contributed by atoms with E-state index in [-0.39, 0.29) is 11.4 Å². The maximum atomic E-state index is 13.3. The Hall–Kier alpha value is -4.26. The molecule has 7 heteroatoms. The third-order valence-corrected chi connectivity index (χ3v) is 5.11. The summed E-state index contributed by atoms with van der Waals surface area (Å²) in [5, 5.41) is 14.9. The lowest BCUT2D eigenvalue weighted by molar-refractivity contribution is -0.384. The second-order valence-corrected chi connectivity index (χ2v) is 7.21. The van der Waals surface area contributed by atoms with Gasteiger partial charge in [-0.05, 0) is 43.7 Å². The largest absolute Gasteiger partial charge is 0.494 e. The Morgan fingerprint density at radius 3 is 2.56 bits per heavy atom. The highest BCUT2D eigenvalue weighted by atomic mass is 16.6. The number of ether oxygens (including phenoxy) is 1. The van der Waals surface area contributed by atoms with Crippen LogP contribution in [0.15, 0.2) is 72.8 Å². The summed E-state index contributed by atoms with van der Waals surface area (Å²) in [4.78, 5) is 29.1. The van der Waals surface area contributed by atoms with Crippen LogP contribution in [0.1, 0.15) is 22.8 Å². The van der Waals surface area contributed by atoms with E-state index in [1.54, 1.807) is 19.1 Å². The van der Waals surface area contributed by atoms with Crippen LogP contribution in [0.3, 0.4) is 0 Å². The number of aryl methyl sites for hydroxylation is 1. The van der Waals surface area contributed by atoms with E-state index in [2.05, 4.69) is 5.32 Å². The molecule has 0 bridgehead atoms. The third kappa shape index (κ3) is 4.13. The molecule has 0 unspecified atom stereocenters. The molecule has 0 radical (unpaired) electrons. The number of fused-ring (bicyclic) bond motifs is 1. The first-order valence-electron chi connectivity index (χ1n) is 10.2. The van der Waals surface area contributed by atoms with Crippen molar-refractivity contribution in [2.45, 2.75) is 13.8 Å². The fourth-order valence-electron chi connectivity index (χ4n) is 3.58. The minimum absolute atomic E-state index is 0.0989. The summed E-state index contributed by atoms with van der Waals surface area (Å²) in [6, 6.07) is 21.2. The zero-order chi connectivity index (χ0) is 22.7. The van der Waals surface area contributed by atoms with Crippen LogP contribution < -0.4 is 10.1 Å². The highest BCUT2D eigenvalue weighted by Crippen LogP contribution is 2.31. The molecule has 160 valence electrons. The molecule has 0 atom stereocenters. The number of pyridine rings is 1. The molecule has 0 spiro atoms. The smallest absolute Gasteiger partial charge is 0.296 e. The molecule has 32 heavy (non-hydrogen) atoms. The van der Waals surface area contributed by atoms with E-state index < -0.39 is 10.8 Å². The summed E-state index contributed by atoms with van der Waals surface area (Å²) in [6.45, 7) is 4.16. The summed E-state index contributed by atoms with van der Waals surface area (Å²) < 4.78 is 5.35. The Morgan fingerprint density at radius 1 is 1.06 bits per heavy atom. The highest BCUT2D eigenvalue weighted by molar-refractivity contribution is 6.13. The first-order chi connectivity index (χ1) is 15.5. The zero-order valence-corrected chi connectivity index (χ0v) is 17.7. The Morgan fingerprint density at radius 2 is 1.81 bits per heavy atom. The minimum atomic E-state index is -0.540. The van der Waals surface area contributed by atoms with Crippen molar-refractivity contribution in [1.82, 2.24) is 4.98 Å². The lowest BCUT2D eigenvalue weighted by Gasteiger charge is -2.12. The van der Waals surface area contributed by atoms with Gasteiger partial charge in [0.1, 0.15) is 11.4 Å². The van der Waals surface area contributed by atoms with Gasteiger partial charge in [-0.15, -0.1) is 0 Å². The van der Waals surface area contributed by atoms with Gasteiger partial charge in [0.2, 0.25) is 0 Å². The van der Waals surface area contributed by atoms with E-state index in [9.17, 15) is 14.9 Å². The number of hydrogen-bond acceptors (Lipinski definition) is 5. The molecule has 4 aromatic rings. The molecule has 3 aromatic carbocycles. The number of nitro benzene ring substituents is 1. The van der Waals surface area contributed by atoms with Crippen LogP contribution in [-0.2, 0) is 0 Å². The standard InChI is InChI=1S/C25H21N3O4/c1-3-32-17-12-13-22(24(14-17)28(30)31)27-25(29)20-15-23(18-9-5-4-8-16(18)2)26-21-11-7-6-10-19(20)21/h4-15H,3H2,1-2H3,(H,27,29). The predicted octanol–water partition coefficient (Wildman–Crippen LogP) is 5.77. The molecule has 7 nitrogen and oxygen atoms in total. The SMILES string of the molecule is CCOc1ccc(NC(=O)c2cc(-c3ccccc3C)nc3ccccc23)c([N+](=O)[O-])c1. The number of aromatic nitrogens is 1. The molecule has 0 saturated carbocycles. The van der Waals surface area contributed by atoms with Crippen molar-refractivity contribution < 1.29 is 14.5 Å². The van der Waals surface area contributed by atoms with E-state index >= 15 is 0 Å². The van der Waals surface area contributed by atoms with Crippen molar-refractivity contribution >= 4 is 28.2 Å². The molecule has 0 saturated heterocycles. The monoisotopic (exact) mass is 427 g/mol. The van der Waals surface area contributed by atoms with Gasteiger partial charge in [0.25, 0.3) is 11.6 Å². The van der Waals surface area contributed by atoms with Crippen LogP contribution in [0.5, 0.6) is 5.75 Å². The topological polar surface area (TPSA) is 94.4 Å². The molecular formula is C25H21N3O4. The third-order valence-electron chi connectivity index (χ3n) is 5.11. The van der Waals surface area contributed by atoms with Crippen molar-refractivity contribution in [2.75, 3.05) is 11.9 Å². The number of rotatable bonds is 6. The highest BCUT2D eigenvalue weighted by Gasteiger charge is 2.20. The Bertz CT molecular complexity index is 1330. The van der Waals surface area contributed by atoms with Crippen molar-refractivity contribution in [2.24, 2.45) is 0 Å². The van der Waals surface area contributed by atoms with Gasteiger partial charge in [0.05, 0.1) is 34.4 Å². The molecule has 4 rings (SSSR count). The zero-order valence-electron chi connectivity index (χ0n) is 17.7. The number of amides is 1. The van der Waals surface area contributed by atoms with Gasteiger partial charge in [-0.3, -0.25) is 14.9 Å². The average Bonchev–Trinajstić information content (AvgIpc) is 2.79. The van der Waals surface area contributed by atoms with Gasteiger partial charge in [-0.2, -0.15) is 0 Å². The lowest BCUT2D eigenvalue weighted by atomic mass is 10.0. The van der Waals surface area contributed by atoms with E-state index in [0.717, 1.165) is 11.1 Å². The van der Waals surface area contributed by atoms with Gasteiger partial charge in [0.15, 0.2) is 0 Å². The Balaban J connectivity index is 1.79. The summed E-state index contributed by atoms with van der Waals surface area (Å²) in [6.07, 6.45) is 0. The van der Waals surface area contributed by atoms with E-state index in [1.165, 1.54) is 12.1 Å². The average molecular weight is 427 g/mol. The lowest BCUT2D eigenvalue weighted by Crippen LogP contribution is -2.14. The number of nitrogens with one attached hydrogen (secondary N) is 1. The van der Waals surface area contributed by atoms with Gasteiger partial charge in [0, 0.05) is 10.9 Å². The van der Waals surface area contributed by atoms with Gasteiger partial charge in [-0.1, -0.05) is 42.5 Å².